The molecule has 1 amide bonds. The third-order valence-corrected chi connectivity index (χ3v) is 4.54. The first-order chi connectivity index (χ1) is 12.6. The maximum atomic E-state index is 11.9. The Hall–Kier alpha value is -2.27. The molecule has 0 atom stereocenters. The van der Waals surface area contributed by atoms with E-state index in [0.717, 1.165) is 23.5 Å². The summed E-state index contributed by atoms with van der Waals surface area (Å²) in [5.74, 6) is 1.95. The summed E-state index contributed by atoms with van der Waals surface area (Å²) >= 11 is 1.59. The van der Waals surface area contributed by atoms with Gasteiger partial charge < -0.3 is 4.74 Å². The van der Waals surface area contributed by atoms with Crippen LogP contribution in [0.15, 0.2) is 47.6 Å². The zero-order valence-electron chi connectivity index (χ0n) is 15.6. The average molecular weight is 371 g/mol. The maximum Gasteiger partial charge on any atom is 0.250 e. The van der Waals surface area contributed by atoms with Crippen molar-refractivity contribution in [3.63, 3.8) is 0 Å². The Labute approximate surface area is 160 Å². The Morgan fingerprint density at radius 1 is 1.15 bits per heavy atom. The van der Waals surface area contributed by atoms with E-state index >= 15 is 0 Å². The van der Waals surface area contributed by atoms with E-state index < -0.39 is 0 Å². The molecule has 0 saturated carbocycles. The van der Waals surface area contributed by atoms with Gasteiger partial charge in [-0.15, -0.1) is 11.8 Å². The van der Waals surface area contributed by atoms with E-state index in [2.05, 4.69) is 49.5 Å². The van der Waals surface area contributed by atoms with Crippen molar-refractivity contribution in [1.82, 2.24) is 5.43 Å². The number of carbonyl (C=O) groups is 1. The molecule has 26 heavy (non-hydrogen) atoms. The number of hydrazone groups is 1. The van der Waals surface area contributed by atoms with E-state index in [1.807, 2.05) is 24.3 Å². The smallest absolute Gasteiger partial charge is 0.250 e. The van der Waals surface area contributed by atoms with Gasteiger partial charge in [0.2, 0.25) is 5.91 Å². The van der Waals surface area contributed by atoms with Crippen molar-refractivity contribution < 1.29 is 9.53 Å². The summed E-state index contributed by atoms with van der Waals surface area (Å²) in [6, 6.07) is 14.1. The molecule has 0 fully saturated rings. The fraction of sp³-hybridized carbons (Fsp3) is 0.333. The third-order valence-electron chi connectivity index (χ3n) is 3.54. The van der Waals surface area contributed by atoms with Gasteiger partial charge in [-0.2, -0.15) is 5.10 Å². The monoisotopic (exact) mass is 370 g/mol. The van der Waals surface area contributed by atoms with Gasteiger partial charge in [-0.1, -0.05) is 36.2 Å². The van der Waals surface area contributed by atoms with Crippen molar-refractivity contribution in [3.8, 4) is 5.75 Å². The lowest BCUT2D eigenvalue weighted by Crippen LogP contribution is -2.19. The highest BCUT2D eigenvalue weighted by Crippen LogP contribution is 2.15. The third kappa shape index (κ3) is 7.31. The Morgan fingerprint density at radius 2 is 1.85 bits per heavy atom. The number of thioether (sulfide) groups is 1. The van der Waals surface area contributed by atoms with E-state index in [0.29, 0.717) is 12.4 Å². The van der Waals surface area contributed by atoms with E-state index in [1.165, 1.54) is 16.7 Å². The second-order valence-electron chi connectivity index (χ2n) is 6.20. The second-order valence-corrected chi connectivity index (χ2v) is 7.19. The van der Waals surface area contributed by atoms with Crippen LogP contribution in [0.25, 0.3) is 0 Å². The number of hydrogen-bond donors (Lipinski definition) is 1. The zero-order chi connectivity index (χ0) is 18.8. The Morgan fingerprint density at radius 3 is 2.50 bits per heavy atom. The van der Waals surface area contributed by atoms with Crippen LogP contribution >= 0.6 is 11.8 Å². The number of hydrogen-bond acceptors (Lipinski definition) is 4. The molecule has 0 aromatic heterocycles. The van der Waals surface area contributed by atoms with Crippen molar-refractivity contribution >= 4 is 23.9 Å². The SMILES string of the molecule is CCCOc1ccc(/C=N/NC(=O)CSCc2cc(C)cc(C)c2)cc1. The molecular formula is C21H26N2O2S. The van der Waals surface area contributed by atoms with Gasteiger partial charge in [-0.05, 0) is 55.7 Å². The van der Waals surface area contributed by atoms with Crippen molar-refractivity contribution in [2.45, 2.75) is 32.9 Å². The molecule has 0 aliphatic carbocycles. The van der Waals surface area contributed by atoms with Crippen LogP contribution in [0.3, 0.4) is 0 Å². The van der Waals surface area contributed by atoms with E-state index in [1.54, 1.807) is 18.0 Å². The lowest BCUT2D eigenvalue weighted by atomic mass is 10.1. The fourth-order valence-electron chi connectivity index (χ4n) is 2.50. The number of benzene rings is 2. The molecule has 0 aliphatic rings. The summed E-state index contributed by atoms with van der Waals surface area (Å²) < 4.78 is 5.53. The van der Waals surface area contributed by atoms with E-state index in [4.69, 9.17) is 4.74 Å². The molecule has 0 heterocycles. The number of nitrogens with one attached hydrogen (secondary N) is 1. The first-order valence-corrected chi connectivity index (χ1v) is 9.92. The van der Waals surface area contributed by atoms with Crippen LogP contribution in [-0.4, -0.2) is 24.5 Å². The van der Waals surface area contributed by atoms with Crippen molar-refractivity contribution in [3.05, 3.63) is 64.7 Å². The summed E-state index contributed by atoms with van der Waals surface area (Å²) in [6.07, 6.45) is 2.62. The summed E-state index contributed by atoms with van der Waals surface area (Å²) in [5, 5.41) is 4.01. The Kier molecular flexibility index (Phi) is 8.22. The zero-order valence-corrected chi connectivity index (χ0v) is 16.4. The number of rotatable bonds is 9. The van der Waals surface area contributed by atoms with Gasteiger partial charge in [-0.3, -0.25) is 4.79 Å². The number of aryl methyl sites for hydroxylation is 2. The van der Waals surface area contributed by atoms with Crippen LogP contribution < -0.4 is 10.2 Å². The van der Waals surface area contributed by atoms with Crippen molar-refractivity contribution in [2.24, 2.45) is 5.10 Å². The predicted octanol–water partition coefficient (Wildman–Crippen LogP) is 4.48. The molecule has 1 N–H and O–H groups in total. The summed E-state index contributed by atoms with van der Waals surface area (Å²) in [6.45, 7) is 6.96. The fourth-order valence-corrected chi connectivity index (χ4v) is 3.25. The molecule has 2 rings (SSSR count). The van der Waals surface area contributed by atoms with Gasteiger partial charge in [0.15, 0.2) is 0 Å². The molecule has 0 saturated heterocycles. The number of amides is 1. The van der Waals surface area contributed by atoms with Gasteiger partial charge >= 0.3 is 0 Å². The molecule has 2 aromatic carbocycles. The molecule has 0 aliphatic heterocycles. The minimum Gasteiger partial charge on any atom is -0.494 e. The van der Waals surface area contributed by atoms with Gasteiger partial charge in [0.05, 0.1) is 18.6 Å². The highest BCUT2D eigenvalue weighted by atomic mass is 32.2. The number of nitrogens with zero attached hydrogens (tertiary/aromatic N) is 1. The largest absolute Gasteiger partial charge is 0.494 e. The lowest BCUT2D eigenvalue weighted by Gasteiger charge is -2.05. The highest BCUT2D eigenvalue weighted by molar-refractivity contribution is 7.99. The van der Waals surface area contributed by atoms with Crippen LogP contribution in [0.2, 0.25) is 0 Å². The molecule has 0 radical (unpaired) electrons. The first-order valence-electron chi connectivity index (χ1n) is 8.76. The number of ether oxygens (including phenoxy) is 1. The topological polar surface area (TPSA) is 50.7 Å². The maximum absolute atomic E-state index is 11.9. The van der Waals surface area contributed by atoms with Crippen LogP contribution in [0.4, 0.5) is 0 Å². The number of carbonyl (C=O) groups excluding carboxylic acids is 1. The summed E-state index contributed by atoms with van der Waals surface area (Å²) in [5.41, 5.74) is 7.23. The molecule has 0 bridgehead atoms. The first kappa shape index (κ1) is 20.0. The van der Waals surface area contributed by atoms with Crippen LogP contribution in [0.1, 0.15) is 35.6 Å². The van der Waals surface area contributed by atoms with Gasteiger partial charge in [0.1, 0.15) is 5.75 Å². The predicted molar refractivity (Wildman–Crippen MR) is 110 cm³/mol. The highest BCUT2D eigenvalue weighted by Gasteiger charge is 2.02. The molecule has 0 spiro atoms. The van der Waals surface area contributed by atoms with Gasteiger partial charge in [0.25, 0.3) is 0 Å². The molecule has 2 aromatic rings. The summed E-state index contributed by atoms with van der Waals surface area (Å²) in [4.78, 5) is 11.9. The Balaban J connectivity index is 1.71. The molecular weight excluding hydrogens is 344 g/mol. The molecule has 4 nitrogen and oxygen atoms in total. The standard InChI is InChI=1S/C21H26N2O2S/c1-4-9-25-20-7-5-18(6-8-20)13-22-23-21(24)15-26-14-19-11-16(2)10-17(3)12-19/h5-8,10-13H,4,9,14-15H2,1-3H3,(H,23,24)/b22-13+. The van der Waals surface area contributed by atoms with Crippen molar-refractivity contribution in [2.75, 3.05) is 12.4 Å². The molecule has 0 unspecified atom stereocenters. The van der Waals surface area contributed by atoms with Crippen molar-refractivity contribution in [1.29, 1.82) is 0 Å². The average Bonchev–Trinajstić information content (AvgIpc) is 2.60. The molecule has 138 valence electrons. The van der Waals surface area contributed by atoms with Gasteiger partial charge in [0, 0.05) is 5.75 Å². The van der Waals surface area contributed by atoms with Crippen LogP contribution in [-0.2, 0) is 10.5 Å². The van der Waals surface area contributed by atoms with Gasteiger partial charge in [-0.25, -0.2) is 5.43 Å². The molecule has 5 heteroatoms. The van der Waals surface area contributed by atoms with E-state index in [-0.39, 0.29) is 5.91 Å². The normalized spacial score (nSPS) is 10.9. The van der Waals surface area contributed by atoms with Crippen LogP contribution in [0, 0.1) is 13.8 Å². The minimum absolute atomic E-state index is 0.0986. The lowest BCUT2D eigenvalue weighted by molar-refractivity contribution is -0.118. The summed E-state index contributed by atoms with van der Waals surface area (Å²) in [7, 11) is 0. The minimum atomic E-state index is -0.0986. The quantitative estimate of drug-likeness (QED) is 0.523. The van der Waals surface area contributed by atoms with Crippen LogP contribution in [0.5, 0.6) is 5.75 Å². The Bertz CT molecular complexity index is 722. The van der Waals surface area contributed by atoms with E-state index in [9.17, 15) is 4.79 Å². The second kappa shape index (κ2) is 10.7.